The van der Waals surface area contributed by atoms with E-state index in [0.717, 1.165) is 37.7 Å². The van der Waals surface area contributed by atoms with Crippen LogP contribution in [0.1, 0.15) is 56.9 Å². The highest BCUT2D eigenvalue weighted by Gasteiger charge is 2.42. The Bertz CT molecular complexity index is 696. The van der Waals surface area contributed by atoms with Gasteiger partial charge in [-0.3, -0.25) is 9.59 Å². The Morgan fingerprint density at radius 1 is 1.04 bits per heavy atom. The first-order chi connectivity index (χ1) is 13.5. The van der Waals surface area contributed by atoms with Gasteiger partial charge in [-0.1, -0.05) is 56.0 Å². The molecule has 1 heterocycles. The summed E-state index contributed by atoms with van der Waals surface area (Å²) >= 11 is 0. The topological polar surface area (TPSA) is 86.7 Å². The maximum atomic E-state index is 12.9. The summed E-state index contributed by atoms with van der Waals surface area (Å²) in [5, 5.41) is 12.7. The van der Waals surface area contributed by atoms with Crippen LogP contribution < -0.4 is 5.32 Å². The van der Waals surface area contributed by atoms with Crippen molar-refractivity contribution in [3.05, 3.63) is 35.9 Å². The van der Waals surface area contributed by atoms with Crippen molar-refractivity contribution in [3.63, 3.8) is 0 Å². The van der Waals surface area contributed by atoms with Crippen LogP contribution >= 0.6 is 0 Å². The lowest BCUT2D eigenvalue weighted by atomic mass is 9.88. The van der Waals surface area contributed by atoms with E-state index in [4.69, 9.17) is 0 Å². The lowest BCUT2D eigenvalue weighted by molar-refractivity contribution is -0.150. The fraction of sp³-hybridized carbons (Fsp3) is 0.591. The molecule has 1 saturated heterocycles. The Labute approximate surface area is 166 Å². The maximum Gasteiger partial charge on any atom is 0.329 e. The van der Waals surface area contributed by atoms with Gasteiger partial charge in [-0.2, -0.15) is 0 Å². The van der Waals surface area contributed by atoms with Crippen LogP contribution in [0.3, 0.4) is 0 Å². The molecule has 1 aromatic carbocycles. The number of carboxylic acids is 1. The van der Waals surface area contributed by atoms with Crippen LogP contribution in [0.25, 0.3) is 0 Å². The second-order valence-electron chi connectivity index (χ2n) is 8.13. The summed E-state index contributed by atoms with van der Waals surface area (Å²) in [6.45, 7) is 1.02. The summed E-state index contributed by atoms with van der Waals surface area (Å²) in [6.07, 6.45) is 6.41. The minimum absolute atomic E-state index is 0.0196. The highest BCUT2D eigenvalue weighted by Crippen LogP contribution is 2.29. The number of nitrogens with zero attached hydrogens (tertiary/aromatic N) is 1. The molecule has 0 bridgehead atoms. The first kappa shape index (κ1) is 20.4. The van der Waals surface area contributed by atoms with Crippen molar-refractivity contribution in [3.8, 4) is 0 Å². The molecule has 2 N–H and O–H groups in total. The third kappa shape index (κ3) is 4.91. The molecule has 1 aliphatic carbocycles. The van der Waals surface area contributed by atoms with Crippen LogP contribution in [0.2, 0.25) is 0 Å². The van der Waals surface area contributed by atoms with Gasteiger partial charge in [-0.25, -0.2) is 4.79 Å². The minimum Gasteiger partial charge on any atom is -0.480 e. The summed E-state index contributed by atoms with van der Waals surface area (Å²) in [7, 11) is 0. The molecule has 1 unspecified atom stereocenters. The molecule has 6 nitrogen and oxygen atoms in total. The van der Waals surface area contributed by atoms with Gasteiger partial charge in [0.1, 0.15) is 5.54 Å². The van der Waals surface area contributed by atoms with Gasteiger partial charge in [0.25, 0.3) is 0 Å². The average molecular weight is 386 g/mol. The van der Waals surface area contributed by atoms with Gasteiger partial charge >= 0.3 is 5.97 Å². The third-order valence-electron chi connectivity index (χ3n) is 6.07. The molecule has 152 valence electrons. The monoisotopic (exact) mass is 386 g/mol. The Morgan fingerprint density at radius 3 is 2.36 bits per heavy atom. The van der Waals surface area contributed by atoms with E-state index in [0.29, 0.717) is 38.8 Å². The van der Waals surface area contributed by atoms with E-state index in [1.165, 1.54) is 0 Å². The lowest BCUT2D eigenvalue weighted by Crippen LogP contribution is -2.57. The fourth-order valence-corrected chi connectivity index (χ4v) is 4.36. The molecule has 0 spiro atoms. The normalized spacial score (nSPS) is 22.1. The number of aliphatic carboxylic acids is 1. The van der Waals surface area contributed by atoms with Crippen molar-refractivity contribution in [1.82, 2.24) is 10.2 Å². The Balaban J connectivity index is 1.61. The quantitative estimate of drug-likeness (QED) is 0.762. The third-order valence-corrected chi connectivity index (χ3v) is 6.07. The molecule has 1 aromatic rings. The molecule has 6 heteroatoms. The molecule has 1 saturated carbocycles. The van der Waals surface area contributed by atoms with Crippen LogP contribution in [-0.4, -0.2) is 46.4 Å². The zero-order valence-electron chi connectivity index (χ0n) is 16.4. The van der Waals surface area contributed by atoms with Crippen molar-refractivity contribution in [2.75, 3.05) is 13.1 Å². The zero-order chi connectivity index (χ0) is 20.0. The second-order valence-corrected chi connectivity index (χ2v) is 8.13. The first-order valence-corrected chi connectivity index (χ1v) is 10.4. The van der Waals surface area contributed by atoms with Gasteiger partial charge in [0.15, 0.2) is 0 Å². The van der Waals surface area contributed by atoms with Gasteiger partial charge in [-0.05, 0) is 31.2 Å². The number of hydrogen-bond acceptors (Lipinski definition) is 3. The molecule has 3 rings (SSSR count). The number of amides is 2. The van der Waals surface area contributed by atoms with Gasteiger partial charge in [0, 0.05) is 13.1 Å². The van der Waals surface area contributed by atoms with Crippen molar-refractivity contribution < 1.29 is 19.5 Å². The number of rotatable bonds is 5. The van der Waals surface area contributed by atoms with Crippen LogP contribution in [0, 0.1) is 5.92 Å². The summed E-state index contributed by atoms with van der Waals surface area (Å²) in [6, 6.07) is 9.59. The van der Waals surface area contributed by atoms with Crippen LogP contribution in [0.4, 0.5) is 0 Å². The number of nitrogens with one attached hydrogen (secondary N) is 1. The van der Waals surface area contributed by atoms with Crippen molar-refractivity contribution in [2.45, 2.75) is 63.3 Å². The van der Waals surface area contributed by atoms with E-state index in [1.54, 1.807) is 4.90 Å². The van der Waals surface area contributed by atoms with Crippen molar-refractivity contribution in [1.29, 1.82) is 0 Å². The number of piperidine rings is 1. The fourth-order valence-electron chi connectivity index (χ4n) is 4.36. The number of benzene rings is 1. The molecule has 1 aliphatic heterocycles. The van der Waals surface area contributed by atoms with Crippen LogP contribution in [0.5, 0.6) is 0 Å². The molecule has 28 heavy (non-hydrogen) atoms. The molecule has 1 atom stereocenters. The number of carbonyl (C=O) groups excluding carboxylic acids is 2. The van der Waals surface area contributed by atoms with Crippen LogP contribution in [0.15, 0.2) is 30.3 Å². The van der Waals surface area contributed by atoms with E-state index in [-0.39, 0.29) is 17.7 Å². The van der Waals surface area contributed by atoms with E-state index in [9.17, 15) is 19.5 Å². The predicted molar refractivity (Wildman–Crippen MR) is 106 cm³/mol. The standard InChI is InChI=1S/C22H30N2O4/c25-19(15-17-9-4-3-5-10-17)24-14-8-11-18(16-24)20(26)23-22(21(27)28)12-6-1-2-7-13-22/h3-5,9-10,18H,1-2,6-8,11-16H2,(H,23,26)(H,27,28). The zero-order valence-corrected chi connectivity index (χ0v) is 16.4. The summed E-state index contributed by atoms with van der Waals surface area (Å²) in [5.41, 5.74) is -0.188. The average Bonchev–Trinajstić information content (AvgIpc) is 2.95. The highest BCUT2D eigenvalue weighted by molar-refractivity contribution is 5.89. The lowest BCUT2D eigenvalue weighted by Gasteiger charge is -2.35. The largest absolute Gasteiger partial charge is 0.480 e. The Hall–Kier alpha value is -2.37. The van der Waals surface area contributed by atoms with Crippen molar-refractivity contribution in [2.24, 2.45) is 5.92 Å². The molecular formula is C22H30N2O4. The second kappa shape index (κ2) is 9.22. The molecule has 2 amide bonds. The number of hydrogen-bond donors (Lipinski definition) is 2. The Kier molecular flexibility index (Phi) is 6.70. The maximum absolute atomic E-state index is 12.9. The van der Waals surface area contributed by atoms with Crippen molar-refractivity contribution >= 4 is 17.8 Å². The number of likely N-dealkylation sites (tertiary alicyclic amines) is 1. The minimum atomic E-state index is -1.15. The first-order valence-electron chi connectivity index (χ1n) is 10.4. The summed E-state index contributed by atoms with van der Waals surface area (Å²) < 4.78 is 0. The van der Waals surface area contributed by atoms with Gasteiger partial charge < -0.3 is 15.3 Å². The molecule has 2 aliphatic rings. The Morgan fingerprint density at radius 2 is 1.71 bits per heavy atom. The number of carbonyl (C=O) groups is 3. The molecule has 0 radical (unpaired) electrons. The van der Waals surface area contributed by atoms with Gasteiger partial charge in [0.05, 0.1) is 12.3 Å². The summed E-state index contributed by atoms with van der Waals surface area (Å²) in [4.78, 5) is 39.2. The highest BCUT2D eigenvalue weighted by atomic mass is 16.4. The molecule has 0 aromatic heterocycles. The van der Waals surface area contributed by atoms with E-state index < -0.39 is 11.5 Å². The summed E-state index contributed by atoms with van der Waals surface area (Å²) in [5.74, 6) is -1.48. The van der Waals surface area contributed by atoms with Gasteiger partial charge in [-0.15, -0.1) is 0 Å². The van der Waals surface area contributed by atoms with Crippen LogP contribution in [-0.2, 0) is 20.8 Å². The SMILES string of the molecule is O=C(NC1(C(=O)O)CCCCCC1)C1CCCN(C(=O)Cc2ccccc2)C1. The van der Waals surface area contributed by atoms with E-state index in [1.807, 2.05) is 30.3 Å². The molecular weight excluding hydrogens is 356 g/mol. The smallest absolute Gasteiger partial charge is 0.329 e. The predicted octanol–water partition coefficient (Wildman–Crippen LogP) is 2.76. The van der Waals surface area contributed by atoms with Gasteiger partial charge in [0.2, 0.25) is 11.8 Å². The van der Waals surface area contributed by atoms with E-state index in [2.05, 4.69) is 5.32 Å². The van der Waals surface area contributed by atoms with E-state index >= 15 is 0 Å². The number of carboxylic acid groups (broad SMARTS) is 1. The molecule has 2 fully saturated rings.